The summed E-state index contributed by atoms with van der Waals surface area (Å²) in [6, 6.07) is 8.00. The van der Waals surface area contributed by atoms with E-state index in [2.05, 4.69) is 5.32 Å². The fourth-order valence-electron chi connectivity index (χ4n) is 2.49. The smallest absolute Gasteiger partial charge is 0.223 e. The van der Waals surface area contributed by atoms with Crippen LogP contribution in [0.25, 0.3) is 0 Å². The maximum Gasteiger partial charge on any atom is 0.223 e. The first-order valence-corrected chi connectivity index (χ1v) is 7.31. The van der Waals surface area contributed by atoms with Crippen LogP contribution >= 0.6 is 0 Å². The molecule has 0 heterocycles. The van der Waals surface area contributed by atoms with Crippen molar-refractivity contribution >= 4 is 5.91 Å². The van der Waals surface area contributed by atoms with Gasteiger partial charge in [-0.25, -0.2) is 0 Å². The Morgan fingerprint density at radius 3 is 2.70 bits per heavy atom. The van der Waals surface area contributed by atoms with Gasteiger partial charge in [0.15, 0.2) is 0 Å². The summed E-state index contributed by atoms with van der Waals surface area (Å²) in [4.78, 5) is 11.8. The number of benzene rings is 1. The summed E-state index contributed by atoms with van der Waals surface area (Å²) < 4.78 is 5.61. The summed E-state index contributed by atoms with van der Waals surface area (Å²) >= 11 is 0. The van der Waals surface area contributed by atoms with Crippen molar-refractivity contribution in [3.8, 4) is 5.75 Å². The molecule has 0 atom stereocenters. The van der Waals surface area contributed by atoms with Crippen LogP contribution in [0, 0.1) is 6.92 Å². The number of hydrogen-bond donors (Lipinski definition) is 2. The van der Waals surface area contributed by atoms with E-state index >= 15 is 0 Å². The molecule has 0 bridgehead atoms. The molecule has 0 unspecified atom stereocenters. The molecule has 20 heavy (non-hydrogen) atoms. The van der Waals surface area contributed by atoms with Gasteiger partial charge in [0.2, 0.25) is 5.91 Å². The van der Waals surface area contributed by atoms with E-state index in [-0.39, 0.29) is 18.1 Å². The van der Waals surface area contributed by atoms with Gasteiger partial charge >= 0.3 is 0 Å². The van der Waals surface area contributed by atoms with Crippen molar-refractivity contribution in [1.82, 2.24) is 5.32 Å². The van der Waals surface area contributed by atoms with E-state index in [1.165, 1.54) is 0 Å². The summed E-state index contributed by atoms with van der Waals surface area (Å²) in [5.41, 5.74) is 1.08. The SMILES string of the molecule is Cc1ccccc1OCCC(=O)NC1CCC(O)CC1. The van der Waals surface area contributed by atoms with Gasteiger partial charge in [0.25, 0.3) is 0 Å². The van der Waals surface area contributed by atoms with E-state index in [0.717, 1.165) is 37.0 Å². The number of carbonyl (C=O) groups is 1. The van der Waals surface area contributed by atoms with E-state index in [9.17, 15) is 9.90 Å². The molecule has 0 spiro atoms. The zero-order valence-corrected chi connectivity index (χ0v) is 12.0. The molecular formula is C16H23NO3. The molecule has 1 fully saturated rings. The number of carbonyl (C=O) groups excluding carboxylic acids is 1. The monoisotopic (exact) mass is 277 g/mol. The number of aliphatic hydroxyl groups is 1. The highest BCUT2D eigenvalue weighted by atomic mass is 16.5. The van der Waals surface area contributed by atoms with Crippen LogP contribution in [0.3, 0.4) is 0 Å². The largest absolute Gasteiger partial charge is 0.493 e. The molecule has 1 aromatic rings. The molecule has 4 heteroatoms. The Morgan fingerprint density at radius 1 is 1.30 bits per heavy atom. The van der Waals surface area contributed by atoms with Crippen molar-refractivity contribution in [2.24, 2.45) is 0 Å². The van der Waals surface area contributed by atoms with E-state index < -0.39 is 0 Å². The molecule has 4 nitrogen and oxygen atoms in total. The minimum absolute atomic E-state index is 0.0278. The van der Waals surface area contributed by atoms with Crippen LogP contribution in [0.15, 0.2) is 24.3 Å². The normalized spacial score (nSPS) is 22.3. The van der Waals surface area contributed by atoms with Gasteiger partial charge in [0, 0.05) is 6.04 Å². The van der Waals surface area contributed by atoms with Crippen LogP contribution < -0.4 is 10.1 Å². The maximum atomic E-state index is 11.8. The van der Waals surface area contributed by atoms with E-state index in [1.807, 2.05) is 31.2 Å². The van der Waals surface area contributed by atoms with Gasteiger partial charge in [-0.15, -0.1) is 0 Å². The molecule has 1 saturated carbocycles. The molecule has 0 aromatic heterocycles. The summed E-state index contributed by atoms with van der Waals surface area (Å²) in [6.45, 7) is 2.38. The summed E-state index contributed by atoms with van der Waals surface area (Å²) in [6.07, 6.45) is 3.48. The van der Waals surface area contributed by atoms with Crippen LogP contribution in [-0.2, 0) is 4.79 Å². The number of hydrogen-bond acceptors (Lipinski definition) is 3. The van der Waals surface area contributed by atoms with Crippen LogP contribution in [0.5, 0.6) is 5.75 Å². The van der Waals surface area contributed by atoms with Crippen LogP contribution in [0.1, 0.15) is 37.7 Å². The Labute approximate surface area is 120 Å². The quantitative estimate of drug-likeness (QED) is 0.867. The summed E-state index contributed by atoms with van der Waals surface area (Å²) in [5, 5.41) is 12.4. The van der Waals surface area contributed by atoms with Crippen molar-refractivity contribution in [3.63, 3.8) is 0 Å². The van der Waals surface area contributed by atoms with Crippen LogP contribution in [0.2, 0.25) is 0 Å². The molecule has 1 aromatic carbocycles. The van der Waals surface area contributed by atoms with Gasteiger partial charge < -0.3 is 15.2 Å². The van der Waals surface area contributed by atoms with Crippen molar-refractivity contribution < 1.29 is 14.6 Å². The lowest BCUT2D eigenvalue weighted by Gasteiger charge is -2.26. The lowest BCUT2D eigenvalue weighted by atomic mass is 9.93. The van der Waals surface area contributed by atoms with Crippen molar-refractivity contribution in [1.29, 1.82) is 0 Å². The average Bonchev–Trinajstić information content (AvgIpc) is 2.43. The number of aryl methyl sites for hydroxylation is 1. The average molecular weight is 277 g/mol. The zero-order chi connectivity index (χ0) is 14.4. The molecule has 1 aliphatic carbocycles. The predicted molar refractivity (Wildman–Crippen MR) is 77.7 cm³/mol. The van der Waals surface area contributed by atoms with Gasteiger partial charge in [-0.3, -0.25) is 4.79 Å². The molecule has 1 aliphatic rings. The second kappa shape index (κ2) is 7.29. The lowest BCUT2D eigenvalue weighted by molar-refractivity contribution is -0.122. The first kappa shape index (κ1) is 14.9. The summed E-state index contributed by atoms with van der Waals surface area (Å²) in [5.74, 6) is 0.862. The number of aliphatic hydroxyl groups excluding tert-OH is 1. The van der Waals surface area contributed by atoms with Crippen LogP contribution in [0.4, 0.5) is 0 Å². The van der Waals surface area contributed by atoms with Crippen LogP contribution in [-0.4, -0.2) is 29.8 Å². The standard InChI is InChI=1S/C16H23NO3/c1-12-4-2-3-5-15(12)20-11-10-16(19)17-13-6-8-14(18)9-7-13/h2-5,13-14,18H,6-11H2,1H3,(H,17,19). The Hall–Kier alpha value is -1.55. The van der Waals surface area contributed by atoms with E-state index in [0.29, 0.717) is 13.0 Å². The molecule has 0 saturated heterocycles. The Kier molecular flexibility index (Phi) is 5.41. The fourth-order valence-corrected chi connectivity index (χ4v) is 2.49. The summed E-state index contributed by atoms with van der Waals surface area (Å²) in [7, 11) is 0. The molecule has 2 rings (SSSR count). The second-order valence-electron chi connectivity index (χ2n) is 5.44. The Balaban J connectivity index is 1.67. The highest BCUT2D eigenvalue weighted by molar-refractivity contribution is 5.76. The fraction of sp³-hybridized carbons (Fsp3) is 0.562. The van der Waals surface area contributed by atoms with Gasteiger partial charge in [-0.2, -0.15) is 0 Å². The van der Waals surface area contributed by atoms with Crippen molar-refractivity contribution in [3.05, 3.63) is 29.8 Å². The van der Waals surface area contributed by atoms with Crippen molar-refractivity contribution in [2.75, 3.05) is 6.61 Å². The first-order valence-electron chi connectivity index (χ1n) is 7.31. The minimum Gasteiger partial charge on any atom is -0.493 e. The lowest BCUT2D eigenvalue weighted by Crippen LogP contribution is -2.39. The molecule has 1 amide bonds. The Morgan fingerprint density at radius 2 is 2.00 bits per heavy atom. The van der Waals surface area contributed by atoms with E-state index in [4.69, 9.17) is 4.74 Å². The first-order chi connectivity index (χ1) is 9.65. The molecule has 2 N–H and O–H groups in total. The predicted octanol–water partition coefficient (Wildman–Crippen LogP) is 2.18. The highest BCUT2D eigenvalue weighted by Gasteiger charge is 2.20. The molecule has 0 aliphatic heterocycles. The van der Waals surface area contributed by atoms with Gasteiger partial charge in [-0.1, -0.05) is 18.2 Å². The van der Waals surface area contributed by atoms with Crippen molar-refractivity contribution in [2.45, 2.75) is 51.2 Å². The van der Waals surface area contributed by atoms with Gasteiger partial charge in [0.1, 0.15) is 5.75 Å². The zero-order valence-electron chi connectivity index (χ0n) is 12.0. The number of para-hydroxylation sites is 1. The third-order valence-corrected chi connectivity index (χ3v) is 3.74. The molecule has 0 radical (unpaired) electrons. The number of rotatable bonds is 5. The molecule has 110 valence electrons. The third kappa shape index (κ3) is 4.53. The minimum atomic E-state index is -0.187. The third-order valence-electron chi connectivity index (χ3n) is 3.74. The number of ether oxygens (including phenoxy) is 1. The highest BCUT2D eigenvalue weighted by Crippen LogP contribution is 2.18. The van der Waals surface area contributed by atoms with Gasteiger partial charge in [-0.05, 0) is 44.2 Å². The Bertz CT molecular complexity index is 439. The van der Waals surface area contributed by atoms with E-state index in [1.54, 1.807) is 0 Å². The number of nitrogens with one attached hydrogen (secondary N) is 1. The molecular weight excluding hydrogens is 254 g/mol. The maximum absolute atomic E-state index is 11.8. The topological polar surface area (TPSA) is 58.6 Å². The van der Waals surface area contributed by atoms with Gasteiger partial charge in [0.05, 0.1) is 19.1 Å². The number of amides is 1. The second-order valence-corrected chi connectivity index (χ2v) is 5.44.